The minimum atomic E-state index is -1.19. The molecule has 0 radical (unpaired) electrons. The number of ketones is 1. The summed E-state index contributed by atoms with van der Waals surface area (Å²) in [5.74, 6) is -0.892. The number of aliphatic hydroxyl groups excluding tert-OH is 1. The number of carbonyl (C=O) groups excluding carboxylic acids is 1. The average molecular weight is 380 g/mol. The van der Waals surface area contributed by atoms with Crippen molar-refractivity contribution in [3.05, 3.63) is 105 Å². The molecule has 0 amide bonds. The summed E-state index contributed by atoms with van der Waals surface area (Å²) in [6.07, 6.45) is -1.19. The van der Waals surface area contributed by atoms with E-state index >= 15 is 0 Å². The number of nitro groups is 1. The zero-order valence-electron chi connectivity index (χ0n) is 14.7. The van der Waals surface area contributed by atoms with Crippen LogP contribution >= 0.6 is 0 Å². The fourth-order valence-electron chi connectivity index (χ4n) is 2.79. The second kappa shape index (κ2) is 8.41. The Morgan fingerprint density at radius 3 is 2.39 bits per heavy atom. The number of nitro benzene ring substituents is 1. The fraction of sp³-hybridized carbons (Fsp3) is 0.0952. The minimum absolute atomic E-state index is 0.0912. The highest BCUT2D eigenvalue weighted by Crippen LogP contribution is 2.28. The monoisotopic (exact) mass is 380 g/mol. The van der Waals surface area contributed by atoms with E-state index in [9.17, 15) is 24.4 Å². The second-order valence-corrected chi connectivity index (χ2v) is 6.10. The number of rotatable bonds is 7. The van der Waals surface area contributed by atoms with Crippen LogP contribution in [0.25, 0.3) is 0 Å². The van der Waals surface area contributed by atoms with E-state index in [1.165, 1.54) is 36.4 Å². The maximum Gasteiger partial charge on any atom is 0.293 e. The molecule has 3 aromatic carbocycles. The van der Waals surface area contributed by atoms with Gasteiger partial charge in [-0.25, -0.2) is 4.39 Å². The lowest BCUT2D eigenvalue weighted by Crippen LogP contribution is -2.14. The van der Waals surface area contributed by atoms with Crippen LogP contribution in [0.1, 0.15) is 27.6 Å². The molecule has 0 spiro atoms. The number of halogens is 1. The Kier molecular flexibility index (Phi) is 5.76. The number of anilines is 1. The number of nitrogens with one attached hydrogen (secondary N) is 1. The number of hydrogen-bond donors (Lipinski definition) is 2. The summed E-state index contributed by atoms with van der Waals surface area (Å²) in [4.78, 5) is 23.3. The van der Waals surface area contributed by atoms with Gasteiger partial charge in [0.25, 0.3) is 5.69 Å². The number of carbonyl (C=O) groups is 1. The van der Waals surface area contributed by atoms with E-state index in [2.05, 4.69) is 5.32 Å². The van der Waals surface area contributed by atoms with Crippen molar-refractivity contribution in [2.24, 2.45) is 0 Å². The highest BCUT2D eigenvalue weighted by Gasteiger charge is 2.20. The lowest BCUT2D eigenvalue weighted by atomic mass is 10.0. The Hall–Kier alpha value is -3.58. The Morgan fingerprint density at radius 1 is 1.04 bits per heavy atom. The first kappa shape index (κ1) is 19.2. The van der Waals surface area contributed by atoms with E-state index in [1.807, 2.05) is 0 Å². The molecule has 142 valence electrons. The van der Waals surface area contributed by atoms with Crippen molar-refractivity contribution in [2.45, 2.75) is 6.10 Å². The molecule has 0 aromatic heterocycles. The summed E-state index contributed by atoms with van der Waals surface area (Å²) in [5, 5.41) is 24.3. The maximum absolute atomic E-state index is 13.7. The van der Waals surface area contributed by atoms with Crippen LogP contribution in [0.2, 0.25) is 0 Å². The van der Waals surface area contributed by atoms with Gasteiger partial charge in [0, 0.05) is 29.3 Å². The molecule has 7 heteroatoms. The number of aliphatic hydroxyl groups is 1. The highest BCUT2D eigenvalue weighted by atomic mass is 19.1. The van der Waals surface area contributed by atoms with Gasteiger partial charge >= 0.3 is 0 Å². The Morgan fingerprint density at radius 2 is 1.71 bits per heavy atom. The predicted molar refractivity (Wildman–Crippen MR) is 103 cm³/mol. The topological polar surface area (TPSA) is 92.5 Å². The molecule has 0 saturated carbocycles. The molecule has 2 N–H and O–H groups in total. The molecule has 3 rings (SSSR count). The summed E-state index contributed by atoms with van der Waals surface area (Å²) in [6, 6.07) is 18.3. The SMILES string of the molecule is O=C(c1ccccc1)c1ccc(NCC(O)c2ccccc2F)c([N+](=O)[O-])c1. The molecule has 0 fully saturated rings. The van der Waals surface area contributed by atoms with Gasteiger partial charge in [0.2, 0.25) is 0 Å². The molecule has 1 atom stereocenters. The minimum Gasteiger partial charge on any atom is -0.386 e. The molecule has 0 bridgehead atoms. The van der Waals surface area contributed by atoms with Gasteiger partial charge in [0.15, 0.2) is 5.78 Å². The van der Waals surface area contributed by atoms with E-state index in [-0.39, 0.29) is 34.8 Å². The smallest absolute Gasteiger partial charge is 0.293 e. The highest BCUT2D eigenvalue weighted by molar-refractivity contribution is 6.09. The van der Waals surface area contributed by atoms with Crippen molar-refractivity contribution in [3.8, 4) is 0 Å². The largest absolute Gasteiger partial charge is 0.386 e. The maximum atomic E-state index is 13.7. The first-order valence-corrected chi connectivity index (χ1v) is 8.52. The van der Waals surface area contributed by atoms with Crippen LogP contribution in [0, 0.1) is 15.9 Å². The van der Waals surface area contributed by atoms with Crippen LogP contribution in [0.4, 0.5) is 15.8 Å². The van der Waals surface area contributed by atoms with Crippen molar-refractivity contribution in [1.82, 2.24) is 0 Å². The van der Waals surface area contributed by atoms with E-state index in [4.69, 9.17) is 0 Å². The lowest BCUT2D eigenvalue weighted by Gasteiger charge is -2.14. The third kappa shape index (κ3) is 4.21. The quantitative estimate of drug-likeness (QED) is 0.366. The Labute approximate surface area is 160 Å². The van der Waals surface area contributed by atoms with E-state index in [0.717, 1.165) is 0 Å². The van der Waals surface area contributed by atoms with Crippen LogP contribution in [0.3, 0.4) is 0 Å². The number of nitrogens with zero attached hydrogens (tertiary/aromatic N) is 1. The van der Waals surface area contributed by atoms with E-state index in [1.54, 1.807) is 36.4 Å². The molecule has 0 saturated heterocycles. The van der Waals surface area contributed by atoms with Crippen LogP contribution in [-0.4, -0.2) is 22.4 Å². The van der Waals surface area contributed by atoms with Gasteiger partial charge in [0.1, 0.15) is 11.5 Å². The summed E-state index contributed by atoms with van der Waals surface area (Å²) >= 11 is 0. The van der Waals surface area contributed by atoms with Gasteiger partial charge in [-0.1, -0.05) is 48.5 Å². The van der Waals surface area contributed by atoms with E-state index < -0.39 is 16.8 Å². The van der Waals surface area contributed by atoms with Crippen molar-refractivity contribution < 1.29 is 19.2 Å². The molecular weight excluding hydrogens is 363 g/mol. The molecule has 0 aliphatic heterocycles. The number of hydrogen-bond acceptors (Lipinski definition) is 5. The van der Waals surface area contributed by atoms with Gasteiger partial charge in [-0.15, -0.1) is 0 Å². The van der Waals surface area contributed by atoms with Crippen LogP contribution in [0.5, 0.6) is 0 Å². The van der Waals surface area contributed by atoms with Crippen LogP contribution in [-0.2, 0) is 0 Å². The third-order valence-electron chi connectivity index (χ3n) is 4.24. The predicted octanol–water partition coefficient (Wildman–Crippen LogP) is 4.11. The van der Waals surface area contributed by atoms with Crippen molar-refractivity contribution in [2.75, 3.05) is 11.9 Å². The third-order valence-corrected chi connectivity index (χ3v) is 4.24. The first-order valence-electron chi connectivity index (χ1n) is 8.52. The lowest BCUT2D eigenvalue weighted by molar-refractivity contribution is -0.384. The van der Waals surface area contributed by atoms with Gasteiger partial charge in [0.05, 0.1) is 11.0 Å². The number of benzene rings is 3. The van der Waals surface area contributed by atoms with Gasteiger partial charge in [-0.2, -0.15) is 0 Å². The standard InChI is InChI=1S/C21H17FN2O4/c22-17-9-5-4-8-16(17)20(25)13-23-18-11-10-15(12-19(18)24(27)28)21(26)14-6-2-1-3-7-14/h1-12,20,23,25H,13H2. The summed E-state index contributed by atoms with van der Waals surface area (Å²) in [5.41, 5.74) is 0.520. The molecular formula is C21H17FN2O4. The normalized spacial score (nSPS) is 11.6. The Balaban J connectivity index is 1.81. The molecule has 3 aromatic rings. The first-order chi connectivity index (χ1) is 13.5. The summed E-state index contributed by atoms with van der Waals surface area (Å²) in [6.45, 7) is -0.131. The second-order valence-electron chi connectivity index (χ2n) is 6.10. The van der Waals surface area contributed by atoms with E-state index in [0.29, 0.717) is 5.56 Å². The zero-order valence-corrected chi connectivity index (χ0v) is 14.7. The van der Waals surface area contributed by atoms with Gasteiger partial charge in [-0.05, 0) is 18.2 Å². The fourth-order valence-corrected chi connectivity index (χ4v) is 2.79. The zero-order chi connectivity index (χ0) is 20.1. The molecule has 0 aliphatic rings. The van der Waals surface area contributed by atoms with Gasteiger partial charge < -0.3 is 10.4 Å². The average Bonchev–Trinajstić information content (AvgIpc) is 2.72. The molecule has 28 heavy (non-hydrogen) atoms. The van der Waals surface area contributed by atoms with Crippen molar-refractivity contribution in [1.29, 1.82) is 0 Å². The van der Waals surface area contributed by atoms with Crippen LogP contribution < -0.4 is 5.32 Å². The summed E-state index contributed by atoms with van der Waals surface area (Å²) < 4.78 is 13.7. The molecule has 0 heterocycles. The molecule has 6 nitrogen and oxygen atoms in total. The van der Waals surface area contributed by atoms with Crippen molar-refractivity contribution >= 4 is 17.2 Å². The summed E-state index contributed by atoms with van der Waals surface area (Å²) in [7, 11) is 0. The Bertz CT molecular complexity index is 1010. The van der Waals surface area contributed by atoms with Gasteiger partial charge in [-0.3, -0.25) is 14.9 Å². The van der Waals surface area contributed by atoms with Crippen LogP contribution in [0.15, 0.2) is 72.8 Å². The molecule has 0 aliphatic carbocycles. The van der Waals surface area contributed by atoms with Crippen molar-refractivity contribution in [3.63, 3.8) is 0 Å². The molecule has 1 unspecified atom stereocenters.